The zero-order chi connectivity index (χ0) is 50.0. The number of rotatable bonds is 24. The minimum atomic E-state index is -1.30. The first kappa shape index (κ1) is 52.7. The molecule has 2 fully saturated rings. The van der Waals surface area contributed by atoms with Crippen LogP contribution in [0, 0.1) is 5.41 Å². The summed E-state index contributed by atoms with van der Waals surface area (Å²) in [4.78, 5) is 14.3. The van der Waals surface area contributed by atoms with Crippen LogP contribution in [0.3, 0.4) is 0 Å². The van der Waals surface area contributed by atoms with Crippen molar-refractivity contribution in [1.82, 2.24) is 0 Å². The van der Waals surface area contributed by atoms with Gasteiger partial charge in [-0.3, -0.25) is 4.79 Å². The van der Waals surface area contributed by atoms with E-state index in [0.29, 0.717) is 13.2 Å². The Kier molecular flexibility index (Phi) is 19.7. The molecule has 2 heterocycles. The molecule has 6 aromatic carbocycles. The Morgan fingerprint density at radius 1 is 0.403 bits per heavy atom. The second kappa shape index (κ2) is 26.9. The molecule has 0 spiro atoms. The van der Waals surface area contributed by atoms with Crippen molar-refractivity contribution in [2.24, 2.45) is 5.41 Å². The van der Waals surface area contributed by atoms with Gasteiger partial charge in [-0.2, -0.15) is 0 Å². The van der Waals surface area contributed by atoms with Crippen LogP contribution in [-0.4, -0.2) is 87.7 Å². The normalized spacial score (nSPS) is 24.4. The highest BCUT2D eigenvalue weighted by Crippen LogP contribution is 2.37. The summed E-state index contributed by atoms with van der Waals surface area (Å²) in [6.07, 6.45) is -9.42. The Labute approximate surface area is 424 Å². The molecule has 2 aliphatic heterocycles. The van der Waals surface area contributed by atoms with Gasteiger partial charge < -0.3 is 52.1 Å². The van der Waals surface area contributed by atoms with Gasteiger partial charge in [0, 0.05) is 7.11 Å². The topological polar surface area (TPSA) is 119 Å². The van der Waals surface area contributed by atoms with Crippen molar-refractivity contribution >= 4 is 5.97 Å². The summed E-state index contributed by atoms with van der Waals surface area (Å²) >= 11 is 0. The lowest BCUT2D eigenvalue weighted by Crippen LogP contribution is -2.66. The molecule has 0 aromatic heterocycles. The van der Waals surface area contributed by atoms with Gasteiger partial charge in [-0.25, -0.2) is 0 Å². The van der Waals surface area contributed by atoms with Crippen molar-refractivity contribution in [2.45, 2.75) is 122 Å². The molecule has 0 radical (unpaired) electrons. The van der Waals surface area contributed by atoms with E-state index in [1.807, 2.05) is 182 Å². The van der Waals surface area contributed by atoms with Crippen molar-refractivity contribution in [1.29, 1.82) is 0 Å². The summed E-state index contributed by atoms with van der Waals surface area (Å²) < 4.78 is 74.5. The Bertz CT molecular complexity index is 2440. The number of ether oxygens (including phenoxy) is 11. The van der Waals surface area contributed by atoms with Crippen molar-refractivity contribution in [2.75, 3.05) is 20.3 Å². The van der Waals surface area contributed by atoms with Crippen LogP contribution in [0.2, 0.25) is 0 Å². The number of carbonyl (C=O) groups excluding carboxylic acids is 1. The van der Waals surface area contributed by atoms with E-state index >= 15 is 0 Å². The van der Waals surface area contributed by atoms with E-state index in [4.69, 9.17) is 52.1 Å². The first-order chi connectivity index (χ1) is 35.2. The van der Waals surface area contributed by atoms with Gasteiger partial charge in [-0.1, -0.05) is 182 Å². The molecule has 0 N–H and O–H groups in total. The minimum absolute atomic E-state index is 0.0752. The van der Waals surface area contributed by atoms with Crippen LogP contribution in [0.1, 0.15) is 54.2 Å². The van der Waals surface area contributed by atoms with Gasteiger partial charge in [-0.05, 0) is 54.2 Å². The minimum Gasteiger partial charge on any atom is -0.454 e. The van der Waals surface area contributed by atoms with Gasteiger partial charge in [0.15, 0.2) is 18.7 Å². The van der Waals surface area contributed by atoms with E-state index in [-0.39, 0.29) is 39.6 Å². The molecule has 8 rings (SSSR count). The number of esters is 1. The second-order valence-corrected chi connectivity index (χ2v) is 19.1. The summed E-state index contributed by atoms with van der Waals surface area (Å²) in [7, 11) is 1.56. The van der Waals surface area contributed by atoms with Gasteiger partial charge >= 0.3 is 5.97 Å². The molecule has 72 heavy (non-hydrogen) atoms. The fraction of sp³-hybridized carbons (Fsp3) is 0.383. The highest BCUT2D eigenvalue weighted by molar-refractivity contribution is 5.75. The predicted octanol–water partition coefficient (Wildman–Crippen LogP) is 10.2. The summed E-state index contributed by atoms with van der Waals surface area (Å²) in [6, 6.07) is 59.4. The monoisotopic (exact) mass is 980 g/mol. The maximum absolute atomic E-state index is 14.3. The molecule has 12 nitrogen and oxygen atoms in total. The molecular formula is C60H68O12. The van der Waals surface area contributed by atoms with Crippen LogP contribution in [-0.2, 0) is 96.5 Å². The smallest absolute Gasteiger partial charge is 0.311 e. The lowest BCUT2D eigenvalue weighted by Gasteiger charge is -2.50. The lowest BCUT2D eigenvalue weighted by atomic mass is 9.94. The molecule has 0 amide bonds. The Balaban J connectivity index is 1.18. The van der Waals surface area contributed by atoms with Crippen LogP contribution in [0.25, 0.3) is 0 Å². The van der Waals surface area contributed by atoms with Gasteiger partial charge in [0.1, 0.15) is 42.7 Å². The van der Waals surface area contributed by atoms with E-state index in [0.717, 1.165) is 33.4 Å². The summed E-state index contributed by atoms with van der Waals surface area (Å²) in [5.41, 5.74) is 4.82. The van der Waals surface area contributed by atoms with Gasteiger partial charge in [0.05, 0.1) is 58.3 Å². The Morgan fingerprint density at radius 3 is 1.04 bits per heavy atom. The fourth-order valence-corrected chi connectivity index (χ4v) is 8.63. The SMILES string of the molecule is CO[C@@H]1O[C@H](COCc2ccccc2)[C@@H](OCc2ccccc2)[C@H](OCc2ccccc2)[C@H]1O[C@@H]1O[C@H](COCc2ccccc2)[C@@H](OCc2ccccc2)[C@H](OCc2ccccc2)[C@H]1OC(=O)C(C)(C)C. The van der Waals surface area contributed by atoms with Crippen LogP contribution < -0.4 is 0 Å². The highest BCUT2D eigenvalue weighted by atomic mass is 16.8. The summed E-state index contributed by atoms with van der Waals surface area (Å²) in [5.74, 6) is -0.488. The molecule has 0 saturated carbocycles. The molecule has 6 aromatic rings. The largest absolute Gasteiger partial charge is 0.454 e. The molecule has 380 valence electrons. The van der Waals surface area contributed by atoms with E-state index in [1.165, 1.54) is 0 Å². The van der Waals surface area contributed by atoms with E-state index in [1.54, 1.807) is 27.9 Å². The molecule has 0 bridgehead atoms. The maximum Gasteiger partial charge on any atom is 0.311 e. The third-order valence-corrected chi connectivity index (χ3v) is 12.5. The van der Waals surface area contributed by atoms with Crippen LogP contribution in [0.4, 0.5) is 0 Å². The summed E-state index contributed by atoms with van der Waals surface area (Å²) in [6.45, 7) is 7.11. The Hall–Kier alpha value is -5.61. The lowest BCUT2D eigenvalue weighted by molar-refractivity contribution is -0.378. The third kappa shape index (κ3) is 15.2. The number of hydrogen-bond donors (Lipinski definition) is 0. The molecule has 0 aliphatic carbocycles. The van der Waals surface area contributed by atoms with Crippen molar-refractivity contribution < 1.29 is 56.9 Å². The van der Waals surface area contributed by atoms with Crippen LogP contribution in [0.5, 0.6) is 0 Å². The molecule has 2 aliphatic rings. The third-order valence-electron chi connectivity index (χ3n) is 12.5. The number of carbonyl (C=O) groups is 1. The number of benzene rings is 6. The average molecular weight is 981 g/mol. The zero-order valence-electron chi connectivity index (χ0n) is 41.6. The first-order valence-corrected chi connectivity index (χ1v) is 24.8. The van der Waals surface area contributed by atoms with Crippen molar-refractivity contribution in [3.63, 3.8) is 0 Å². The van der Waals surface area contributed by atoms with E-state index in [2.05, 4.69) is 0 Å². The second-order valence-electron chi connectivity index (χ2n) is 19.1. The fourth-order valence-electron chi connectivity index (χ4n) is 8.63. The quantitative estimate of drug-likeness (QED) is 0.0537. The standard InChI is InChI=1S/C60H68O12/c1-60(2,3)59(61)72-56-54(68-40-48-33-21-10-22-34-48)52(66-38-46-29-17-8-18-30-46)50(42-64-36-44-25-13-6-14-26-44)70-58(56)71-55-53(67-39-47-31-19-9-20-32-47)51(65-37-45-27-15-7-16-28-45)49(69-57(55)62-4)41-63-35-43-23-11-5-12-24-43/h5-34,49-58H,35-42H2,1-4H3/t49-,50-,51-,52-,53+,54+,55-,56-,57-,58+/m1/s1. The molecule has 10 atom stereocenters. The van der Waals surface area contributed by atoms with Crippen LogP contribution >= 0.6 is 0 Å². The molecule has 12 heteroatoms. The Morgan fingerprint density at radius 2 is 0.708 bits per heavy atom. The molecular weight excluding hydrogens is 913 g/mol. The van der Waals surface area contributed by atoms with E-state index in [9.17, 15) is 4.79 Å². The first-order valence-electron chi connectivity index (χ1n) is 24.8. The average Bonchev–Trinajstić information content (AvgIpc) is 3.41. The van der Waals surface area contributed by atoms with Gasteiger partial charge in [-0.15, -0.1) is 0 Å². The van der Waals surface area contributed by atoms with Gasteiger partial charge in [0.2, 0.25) is 0 Å². The van der Waals surface area contributed by atoms with Crippen molar-refractivity contribution in [3.05, 3.63) is 215 Å². The zero-order valence-corrected chi connectivity index (χ0v) is 41.6. The summed E-state index contributed by atoms with van der Waals surface area (Å²) in [5, 5.41) is 0. The highest BCUT2D eigenvalue weighted by Gasteiger charge is 2.55. The molecule has 2 saturated heterocycles. The number of methoxy groups -OCH3 is 1. The van der Waals surface area contributed by atoms with Gasteiger partial charge in [0.25, 0.3) is 0 Å². The van der Waals surface area contributed by atoms with Crippen LogP contribution in [0.15, 0.2) is 182 Å². The maximum atomic E-state index is 14.3. The van der Waals surface area contributed by atoms with Crippen molar-refractivity contribution in [3.8, 4) is 0 Å². The number of hydrogen-bond acceptors (Lipinski definition) is 12. The molecule has 0 unspecified atom stereocenters. The predicted molar refractivity (Wildman–Crippen MR) is 271 cm³/mol. The van der Waals surface area contributed by atoms with E-state index < -0.39 is 72.8 Å².